The quantitative estimate of drug-likeness (QED) is 0.593. The van der Waals surface area contributed by atoms with Gasteiger partial charge in [0, 0.05) is 25.0 Å². The number of likely N-dealkylation sites (tertiary alicyclic amines) is 1. The maximum absolute atomic E-state index is 6.77. The van der Waals surface area contributed by atoms with Crippen LogP contribution >= 0.6 is 0 Å². The molecule has 6 rings (SSSR count). The Morgan fingerprint density at radius 3 is 2.16 bits per heavy atom. The average Bonchev–Trinajstić information content (AvgIpc) is 3.36. The molecule has 0 bridgehead atoms. The molecule has 3 saturated heterocycles. The minimum absolute atomic E-state index is 0.156. The van der Waals surface area contributed by atoms with Crippen LogP contribution in [0.2, 0.25) is 0 Å². The first-order valence-corrected chi connectivity index (χ1v) is 13.1. The van der Waals surface area contributed by atoms with Gasteiger partial charge in [-0.05, 0) is 68.2 Å². The van der Waals surface area contributed by atoms with Gasteiger partial charge in [0.05, 0.1) is 5.60 Å². The first-order chi connectivity index (χ1) is 15.8. The lowest BCUT2D eigenvalue weighted by atomic mass is 9.76. The summed E-state index contributed by atoms with van der Waals surface area (Å²) in [4.78, 5) is 9.55. The Balaban J connectivity index is 1.17. The van der Waals surface area contributed by atoms with E-state index in [1.807, 2.05) is 0 Å². The summed E-state index contributed by atoms with van der Waals surface area (Å²) in [6.07, 6.45) is 10.5. The fraction of sp³-hybridized carbons (Fsp3) is 0.586. The molecule has 1 unspecified atom stereocenters. The Morgan fingerprint density at radius 1 is 0.812 bits per heavy atom. The zero-order valence-electron chi connectivity index (χ0n) is 19.4. The maximum atomic E-state index is 6.77. The van der Waals surface area contributed by atoms with Crippen molar-refractivity contribution in [2.75, 3.05) is 26.2 Å². The first kappa shape index (κ1) is 20.9. The Morgan fingerprint density at radius 2 is 1.47 bits per heavy atom. The van der Waals surface area contributed by atoms with Gasteiger partial charge in [0.1, 0.15) is 0 Å². The topological polar surface area (TPSA) is 15.7 Å². The van der Waals surface area contributed by atoms with Crippen molar-refractivity contribution in [1.29, 1.82) is 0 Å². The molecule has 4 fully saturated rings. The molecular formula is C29H38N2O. The second kappa shape index (κ2) is 8.93. The van der Waals surface area contributed by atoms with Gasteiger partial charge in [-0.3, -0.25) is 4.84 Å². The molecule has 2 aromatic carbocycles. The molecule has 3 heteroatoms. The molecule has 1 saturated carbocycles. The maximum Gasteiger partial charge on any atom is 0.0915 e. The molecule has 0 aromatic heterocycles. The molecule has 170 valence electrons. The van der Waals surface area contributed by atoms with E-state index in [1.54, 1.807) is 0 Å². The second-order valence-electron chi connectivity index (χ2n) is 10.9. The fourth-order valence-electron chi connectivity index (χ4n) is 7.24. The van der Waals surface area contributed by atoms with E-state index in [0.29, 0.717) is 17.9 Å². The third-order valence-electron chi connectivity index (χ3n) is 8.97. The number of nitrogens with zero attached hydrogens (tertiary/aromatic N) is 2. The molecule has 2 aromatic rings. The van der Waals surface area contributed by atoms with Crippen molar-refractivity contribution in [2.24, 2.45) is 5.92 Å². The highest BCUT2D eigenvalue weighted by molar-refractivity contribution is 5.24. The van der Waals surface area contributed by atoms with Crippen LogP contribution in [0.1, 0.15) is 74.3 Å². The molecular weight excluding hydrogens is 392 g/mol. The van der Waals surface area contributed by atoms with Crippen LogP contribution in [0.15, 0.2) is 60.7 Å². The summed E-state index contributed by atoms with van der Waals surface area (Å²) in [6.45, 7) is 4.76. The molecule has 0 amide bonds. The molecule has 1 aliphatic carbocycles. The van der Waals surface area contributed by atoms with Crippen molar-refractivity contribution in [1.82, 2.24) is 9.96 Å². The van der Waals surface area contributed by atoms with E-state index in [4.69, 9.17) is 4.84 Å². The standard InChI is InChI=1S/C29H38N2O/c1-4-10-23(11-5-1)24-14-18-30(19-15-24)21-27-26(25-12-6-2-7-13-25)22-31-28(27)20-29(32-31)16-8-3-9-17-29/h1-2,4-7,10-13,24,26-28H,3,8-9,14-22H2/t26-,27?,28+/m1/s1. The summed E-state index contributed by atoms with van der Waals surface area (Å²) < 4.78 is 0. The van der Waals surface area contributed by atoms with Gasteiger partial charge in [0.25, 0.3) is 0 Å². The highest BCUT2D eigenvalue weighted by Gasteiger charge is 2.54. The largest absolute Gasteiger partial charge is 0.303 e. The lowest BCUT2D eigenvalue weighted by Gasteiger charge is -2.37. The third kappa shape index (κ3) is 4.04. The fourth-order valence-corrected chi connectivity index (χ4v) is 7.24. The van der Waals surface area contributed by atoms with Gasteiger partial charge in [-0.15, -0.1) is 0 Å². The van der Waals surface area contributed by atoms with Crippen molar-refractivity contribution >= 4 is 0 Å². The summed E-state index contributed by atoms with van der Waals surface area (Å²) >= 11 is 0. The summed E-state index contributed by atoms with van der Waals surface area (Å²) in [5, 5.41) is 2.43. The van der Waals surface area contributed by atoms with Crippen molar-refractivity contribution in [2.45, 2.75) is 74.8 Å². The van der Waals surface area contributed by atoms with E-state index < -0.39 is 0 Å². The molecule has 1 spiro atoms. The third-order valence-corrected chi connectivity index (χ3v) is 8.97. The number of fused-ring (bicyclic) bond motifs is 1. The molecule has 3 atom stereocenters. The Bertz CT molecular complexity index is 871. The summed E-state index contributed by atoms with van der Waals surface area (Å²) in [5.41, 5.74) is 3.19. The van der Waals surface area contributed by atoms with Gasteiger partial charge in [0.2, 0.25) is 0 Å². The Hall–Kier alpha value is -1.68. The number of hydrogen-bond acceptors (Lipinski definition) is 3. The Labute approximate surface area is 193 Å². The van der Waals surface area contributed by atoms with Crippen molar-refractivity contribution < 1.29 is 4.84 Å². The predicted octanol–water partition coefficient (Wildman–Crippen LogP) is 5.99. The number of benzene rings is 2. The van der Waals surface area contributed by atoms with E-state index >= 15 is 0 Å². The molecule has 0 radical (unpaired) electrons. The van der Waals surface area contributed by atoms with Gasteiger partial charge in [0.15, 0.2) is 0 Å². The van der Waals surface area contributed by atoms with Gasteiger partial charge >= 0.3 is 0 Å². The van der Waals surface area contributed by atoms with Crippen molar-refractivity contribution in [3.05, 3.63) is 71.8 Å². The van der Waals surface area contributed by atoms with Crippen LogP contribution in [0, 0.1) is 5.92 Å². The van der Waals surface area contributed by atoms with Crippen LogP contribution in [0.4, 0.5) is 0 Å². The van der Waals surface area contributed by atoms with E-state index in [-0.39, 0.29) is 5.60 Å². The number of piperidine rings is 1. The number of rotatable bonds is 4. The zero-order valence-corrected chi connectivity index (χ0v) is 19.4. The minimum atomic E-state index is 0.156. The van der Waals surface area contributed by atoms with Crippen LogP contribution in [0.5, 0.6) is 0 Å². The van der Waals surface area contributed by atoms with Crippen molar-refractivity contribution in [3.8, 4) is 0 Å². The number of hydroxylamine groups is 2. The molecule has 3 nitrogen and oxygen atoms in total. The first-order valence-electron chi connectivity index (χ1n) is 13.1. The molecule has 3 heterocycles. The SMILES string of the molecule is c1ccc(C2CCN(CC3[C@@H](c4ccccc4)CN4OC5(CCCCC5)C[C@@H]34)CC2)cc1. The van der Waals surface area contributed by atoms with Gasteiger partial charge in [-0.2, -0.15) is 5.06 Å². The minimum Gasteiger partial charge on any atom is -0.303 e. The van der Waals surface area contributed by atoms with Crippen LogP contribution in [0.25, 0.3) is 0 Å². The van der Waals surface area contributed by atoms with E-state index in [2.05, 4.69) is 70.6 Å². The second-order valence-corrected chi connectivity index (χ2v) is 10.9. The van der Waals surface area contributed by atoms with E-state index in [0.717, 1.165) is 12.5 Å². The van der Waals surface area contributed by atoms with Gasteiger partial charge in [-0.25, -0.2) is 0 Å². The highest BCUT2D eigenvalue weighted by Crippen LogP contribution is 2.51. The zero-order chi connectivity index (χ0) is 21.4. The number of hydrogen-bond donors (Lipinski definition) is 0. The van der Waals surface area contributed by atoms with Crippen LogP contribution in [-0.4, -0.2) is 47.8 Å². The Kier molecular flexibility index (Phi) is 5.83. The summed E-state index contributed by atoms with van der Waals surface area (Å²) in [6, 6.07) is 23.0. The van der Waals surface area contributed by atoms with E-state index in [9.17, 15) is 0 Å². The van der Waals surface area contributed by atoms with Crippen LogP contribution in [-0.2, 0) is 4.84 Å². The van der Waals surface area contributed by atoms with Gasteiger partial charge < -0.3 is 4.90 Å². The van der Waals surface area contributed by atoms with Crippen LogP contribution < -0.4 is 0 Å². The highest BCUT2D eigenvalue weighted by atomic mass is 16.7. The smallest absolute Gasteiger partial charge is 0.0915 e. The molecule has 32 heavy (non-hydrogen) atoms. The lowest BCUT2D eigenvalue weighted by Crippen LogP contribution is -2.41. The average molecular weight is 431 g/mol. The molecule has 4 aliphatic rings. The van der Waals surface area contributed by atoms with Crippen molar-refractivity contribution in [3.63, 3.8) is 0 Å². The van der Waals surface area contributed by atoms with Gasteiger partial charge in [-0.1, -0.05) is 79.9 Å². The predicted molar refractivity (Wildman–Crippen MR) is 130 cm³/mol. The molecule has 3 aliphatic heterocycles. The summed E-state index contributed by atoms with van der Waals surface area (Å²) in [7, 11) is 0. The monoisotopic (exact) mass is 430 g/mol. The lowest BCUT2D eigenvalue weighted by molar-refractivity contribution is -0.205. The van der Waals surface area contributed by atoms with E-state index in [1.165, 1.54) is 82.1 Å². The summed E-state index contributed by atoms with van der Waals surface area (Å²) in [5.74, 6) is 2.00. The normalized spacial score (nSPS) is 31.2. The van der Waals surface area contributed by atoms with Crippen LogP contribution in [0.3, 0.4) is 0 Å². The molecule has 0 N–H and O–H groups in total.